The first-order valence-electron chi connectivity index (χ1n) is 4.52. The summed E-state index contributed by atoms with van der Waals surface area (Å²) in [5, 5.41) is 3.54. The van der Waals surface area contributed by atoms with Crippen LogP contribution in [-0.4, -0.2) is 18.8 Å². The Labute approximate surface area is 67.9 Å². The van der Waals surface area contributed by atoms with Crippen molar-refractivity contribution in [1.29, 1.82) is 0 Å². The first-order valence-corrected chi connectivity index (χ1v) is 4.52. The molecule has 0 radical (unpaired) electrons. The van der Waals surface area contributed by atoms with Crippen molar-refractivity contribution in [2.24, 2.45) is 11.8 Å². The number of hydrogen-bond acceptors (Lipinski definition) is 3. The number of hydrazine groups is 1. The smallest absolute Gasteiger partial charge is 0.0749 e. The summed E-state index contributed by atoms with van der Waals surface area (Å²) in [5.41, 5.74) is 6.46. The molecule has 0 amide bonds. The van der Waals surface area contributed by atoms with Gasteiger partial charge >= 0.3 is 0 Å². The Morgan fingerprint density at radius 2 is 2.09 bits per heavy atom. The first-order chi connectivity index (χ1) is 5.27. The van der Waals surface area contributed by atoms with Crippen LogP contribution in [-0.2, 0) is 0 Å². The molecule has 0 aromatic rings. The fraction of sp³-hybridized carbons (Fsp3) is 1.00. The van der Waals surface area contributed by atoms with Gasteiger partial charge in [-0.3, -0.25) is 10.7 Å². The second-order valence-corrected chi connectivity index (χ2v) is 3.95. The lowest BCUT2D eigenvalue weighted by atomic mass is 9.83. The molecule has 3 heteroatoms. The molecule has 3 nitrogen and oxygen atoms in total. The van der Waals surface area contributed by atoms with E-state index < -0.39 is 0 Å². The van der Waals surface area contributed by atoms with Gasteiger partial charge in [-0.05, 0) is 19.3 Å². The maximum absolute atomic E-state index is 3.54. The maximum atomic E-state index is 3.54. The molecule has 2 rings (SSSR count). The lowest BCUT2D eigenvalue weighted by Gasteiger charge is -2.35. The van der Waals surface area contributed by atoms with Gasteiger partial charge in [-0.15, -0.1) is 0 Å². The van der Waals surface area contributed by atoms with Crippen molar-refractivity contribution in [2.75, 3.05) is 6.54 Å². The quantitative estimate of drug-likeness (QED) is 0.463. The van der Waals surface area contributed by atoms with E-state index in [9.17, 15) is 0 Å². The molecule has 0 aromatic carbocycles. The van der Waals surface area contributed by atoms with E-state index in [1.165, 1.54) is 6.42 Å². The number of hydrogen-bond donors (Lipinski definition) is 3. The summed E-state index contributed by atoms with van der Waals surface area (Å²) in [4.78, 5) is 0. The number of rotatable bonds is 0. The van der Waals surface area contributed by atoms with Crippen molar-refractivity contribution >= 4 is 0 Å². The molecule has 0 saturated carbocycles. The van der Waals surface area contributed by atoms with E-state index in [0.29, 0.717) is 12.2 Å². The summed E-state index contributed by atoms with van der Waals surface area (Å²) in [7, 11) is 0. The molecule has 4 unspecified atom stereocenters. The van der Waals surface area contributed by atoms with Gasteiger partial charge in [0.05, 0.1) is 6.17 Å². The van der Waals surface area contributed by atoms with Crippen LogP contribution >= 0.6 is 0 Å². The molecule has 2 aliphatic rings. The first kappa shape index (κ1) is 7.53. The zero-order valence-electron chi connectivity index (χ0n) is 7.22. The SMILES string of the molecule is CC1CC(C)C2CNNC2N1. The van der Waals surface area contributed by atoms with Crippen molar-refractivity contribution in [1.82, 2.24) is 16.2 Å². The third-order valence-electron chi connectivity index (χ3n) is 2.94. The van der Waals surface area contributed by atoms with E-state index in [1.54, 1.807) is 0 Å². The van der Waals surface area contributed by atoms with Gasteiger partial charge in [0.15, 0.2) is 0 Å². The summed E-state index contributed by atoms with van der Waals surface area (Å²) in [6.45, 7) is 5.72. The molecular weight excluding hydrogens is 138 g/mol. The second-order valence-electron chi connectivity index (χ2n) is 3.95. The van der Waals surface area contributed by atoms with Crippen LogP contribution in [0.1, 0.15) is 20.3 Å². The third kappa shape index (κ3) is 1.28. The molecule has 0 aromatic heterocycles. The number of nitrogens with one attached hydrogen (secondary N) is 3. The molecule has 2 saturated heterocycles. The highest BCUT2D eigenvalue weighted by Gasteiger charge is 2.36. The minimum absolute atomic E-state index is 0.508. The van der Waals surface area contributed by atoms with Crippen molar-refractivity contribution < 1.29 is 0 Å². The van der Waals surface area contributed by atoms with Gasteiger partial charge < -0.3 is 0 Å². The molecule has 2 aliphatic heterocycles. The predicted molar refractivity (Wildman–Crippen MR) is 44.8 cm³/mol. The highest BCUT2D eigenvalue weighted by Crippen LogP contribution is 2.26. The van der Waals surface area contributed by atoms with Gasteiger partial charge in [-0.25, -0.2) is 5.43 Å². The topological polar surface area (TPSA) is 36.1 Å². The molecule has 0 aliphatic carbocycles. The Kier molecular flexibility index (Phi) is 1.87. The number of fused-ring (bicyclic) bond motifs is 1. The molecule has 0 bridgehead atoms. The van der Waals surface area contributed by atoms with Crippen LogP contribution in [0.3, 0.4) is 0 Å². The van der Waals surface area contributed by atoms with Gasteiger partial charge in [0.1, 0.15) is 0 Å². The summed E-state index contributed by atoms with van der Waals surface area (Å²) in [5.74, 6) is 1.63. The van der Waals surface area contributed by atoms with Gasteiger partial charge in [-0.2, -0.15) is 0 Å². The molecule has 2 heterocycles. The van der Waals surface area contributed by atoms with Crippen LogP contribution in [0.15, 0.2) is 0 Å². The maximum Gasteiger partial charge on any atom is 0.0749 e. The Bertz CT molecular complexity index is 148. The van der Waals surface area contributed by atoms with E-state index in [4.69, 9.17) is 0 Å². The molecule has 0 spiro atoms. The zero-order chi connectivity index (χ0) is 7.84. The molecule has 64 valence electrons. The number of piperidine rings is 1. The lowest BCUT2D eigenvalue weighted by molar-refractivity contribution is 0.191. The lowest BCUT2D eigenvalue weighted by Crippen LogP contribution is -2.53. The minimum Gasteiger partial charge on any atom is -0.298 e. The van der Waals surface area contributed by atoms with Gasteiger partial charge in [0.2, 0.25) is 0 Å². The summed E-state index contributed by atoms with van der Waals surface area (Å²) in [6.07, 6.45) is 1.82. The molecule has 4 atom stereocenters. The Morgan fingerprint density at radius 3 is 2.91 bits per heavy atom. The predicted octanol–water partition coefficient (Wildman–Crippen LogP) is 0.0544. The average Bonchev–Trinajstić information content (AvgIpc) is 2.34. The normalized spacial score (nSPS) is 50.7. The van der Waals surface area contributed by atoms with Crippen molar-refractivity contribution in [3.63, 3.8) is 0 Å². The summed E-state index contributed by atoms with van der Waals surface area (Å²) in [6, 6.07) is 0.665. The highest BCUT2D eigenvalue weighted by molar-refractivity contribution is 4.90. The summed E-state index contributed by atoms with van der Waals surface area (Å²) < 4.78 is 0. The minimum atomic E-state index is 0.508. The van der Waals surface area contributed by atoms with E-state index in [0.717, 1.165) is 18.4 Å². The molecule has 2 fully saturated rings. The highest BCUT2D eigenvalue weighted by atomic mass is 15.5. The van der Waals surface area contributed by atoms with Gasteiger partial charge in [-0.1, -0.05) is 6.92 Å². The van der Waals surface area contributed by atoms with E-state index >= 15 is 0 Å². The van der Waals surface area contributed by atoms with Crippen LogP contribution in [0.2, 0.25) is 0 Å². The molecule has 3 N–H and O–H groups in total. The monoisotopic (exact) mass is 155 g/mol. The summed E-state index contributed by atoms with van der Waals surface area (Å²) >= 11 is 0. The third-order valence-corrected chi connectivity index (χ3v) is 2.94. The standard InChI is InChI=1S/C8H17N3/c1-5-3-6(2)10-8-7(5)4-9-11-8/h5-11H,3-4H2,1-2H3. The zero-order valence-corrected chi connectivity index (χ0v) is 7.22. The van der Waals surface area contributed by atoms with Crippen molar-refractivity contribution in [2.45, 2.75) is 32.5 Å². The van der Waals surface area contributed by atoms with E-state index in [2.05, 4.69) is 30.0 Å². The largest absolute Gasteiger partial charge is 0.298 e. The van der Waals surface area contributed by atoms with Crippen molar-refractivity contribution in [3.05, 3.63) is 0 Å². The Balaban J connectivity index is 2.04. The molecular formula is C8H17N3. The van der Waals surface area contributed by atoms with Crippen LogP contribution in [0, 0.1) is 11.8 Å². The van der Waals surface area contributed by atoms with E-state index in [1.807, 2.05) is 0 Å². The molecule has 11 heavy (non-hydrogen) atoms. The van der Waals surface area contributed by atoms with Crippen LogP contribution < -0.4 is 16.2 Å². The van der Waals surface area contributed by atoms with Crippen LogP contribution in [0.5, 0.6) is 0 Å². The van der Waals surface area contributed by atoms with Crippen molar-refractivity contribution in [3.8, 4) is 0 Å². The van der Waals surface area contributed by atoms with Crippen LogP contribution in [0.25, 0.3) is 0 Å². The average molecular weight is 155 g/mol. The van der Waals surface area contributed by atoms with Crippen LogP contribution in [0.4, 0.5) is 0 Å². The van der Waals surface area contributed by atoms with Gasteiger partial charge in [0, 0.05) is 18.5 Å². The van der Waals surface area contributed by atoms with Gasteiger partial charge in [0.25, 0.3) is 0 Å². The second kappa shape index (κ2) is 2.73. The Hall–Kier alpha value is -0.120. The van der Waals surface area contributed by atoms with E-state index in [-0.39, 0.29) is 0 Å². The Morgan fingerprint density at radius 1 is 1.27 bits per heavy atom. The fourth-order valence-corrected chi connectivity index (χ4v) is 2.31. The fourth-order valence-electron chi connectivity index (χ4n) is 2.31.